The minimum atomic E-state index is 0.137. The molecule has 2 unspecified atom stereocenters. The molecule has 0 spiro atoms. The minimum Gasteiger partial charge on any atom is -0.338 e. The van der Waals surface area contributed by atoms with Gasteiger partial charge in [-0.3, -0.25) is 4.79 Å². The normalized spacial score (nSPS) is 23.4. The molecule has 0 aliphatic carbocycles. The van der Waals surface area contributed by atoms with E-state index >= 15 is 0 Å². The standard InChI is InChI=1S/C15H22N2OS/c1-11-7-8-17(10-13(11)9-16)15(18)12-3-5-14(19-2)6-4-12/h3-6,11,13H,7-10,16H2,1-2H3. The van der Waals surface area contributed by atoms with Crippen LogP contribution in [-0.2, 0) is 0 Å². The Hall–Kier alpha value is -1.00. The van der Waals surface area contributed by atoms with Gasteiger partial charge in [-0.25, -0.2) is 0 Å². The Labute approximate surface area is 119 Å². The molecule has 1 heterocycles. The Bertz CT molecular complexity index is 432. The van der Waals surface area contributed by atoms with E-state index in [-0.39, 0.29) is 5.91 Å². The van der Waals surface area contributed by atoms with Crippen molar-refractivity contribution < 1.29 is 4.79 Å². The molecule has 0 bridgehead atoms. The van der Waals surface area contributed by atoms with Gasteiger partial charge in [0.05, 0.1) is 0 Å². The first kappa shape index (κ1) is 14.4. The fourth-order valence-corrected chi connectivity index (χ4v) is 2.97. The summed E-state index contributed by atoms with van der Waals surface area (Å²) in [7, 11) is 0. The first-order valence-corrected chi connectivity index (χ1v) is 8.01. The largest absolute Gasteiger partial charge is 0.338 e. The predicted octanol–water partition coefficient (Wildman–Crippen LogP) is 2.47. The van der Waals surface area contributed by atoms with Crippen LogP contribution in [0.4, 0.5) is 0 Å². The molecule has 2 N–H and O–H groups in total. The zero-order valence-corrected chi connectivity index (χ0v) is 12.5. The Morgan fingerprint density at radius 1 is 1.42 bits per heavy atom. The zero-order chi connectivity index (χ0) is 13.8. The number of benzene rings is 1. The molecule has 2 rings (SSSR count). The number of carbonyl (C=O) groups excluding carboxylic acids is 1. The number of rotatable bonds is 3. The molecule has 104 valence electrons. The summed E-state index contributed by atoms with van der Waals surface area (Å²) >= 11 is 1.69. The van der Waals surface area contributed by atoms with Crippen LogP contribution in [0.5, 0.6) is 0 Å². The Balaban J connectivity index is 2.06. The molecule has 1 amide bonds. The highest BCUT2D eigenvalue weighted by atomic mass is 32.2. The summed E-state index contributed by atoms with van der Waals surface area (Å²) < 4.78 is 0. The Morgan fingerprint density at radius 3 is 2.68 bits per heavy atom. The molecule has 1 aliphatic rings. The molecule has 3 nitrogen and oxygen atoms in total. The summed E-state index contributed by atoms with van der Waals surface area (Å²) in [5.74, 6) is 1.19. The first-order valence-electron chi connectivity index (χ1n) is 6.79. The Morgan fingerprint density at radius 2 is 2.11 bits per heavy atom. The summed E-state index contributed by atoms with van der Waals surface area (Å²) in [6.07, 6.45) is 3.09. The van der Waals surface area contributed by atoms with Crippen molar-refractivity contribution in [2.45, 2.75) is 18.2 Å². The quantitative estimate of drug-likeness (QED) is 0.864. The second kappa shape index (κ2) is 6.44. The van der Waals surface area contributed by atoms with Crippen LogP contribution in [0.3, 0.4) is 0 Å². The van der Waals surface area contributed by atoms with E-state index in [0.717, 1.165) is 25.1 Å². The lowest BCUT2D eigenvalue weighted by atomic mass is 9.87. The first-order chi connectivity index (χ1) is 9.15. The fourth-order valence-electron chi connectivity index (χ4n) is 2.56. The predicted molar refractivity (Wildman–Crippen MR) is 80.5 cm³/mol. The van der Waals surface area contributed by atoms with Crippen LogP contribution in [0.1, 0.15) is 23.7 Å². The van der Waals surface area contributed by atoms with Gasteiger partial charge in [-0.05, 0) is 55.3 Å². The van der Waals surface area contributed by atoms with Gasteiger partial charge in [0.15, 0.2) is 0 Å². The van der Waals surface area contributed by atoms with Crippen molar-refractivity contribution in [2.24, 2.45) is 17.6 Å². The van der Waals surface area contributed by atoms with Gasteiger partial charge < -0.3 is 10.6 Å². The van der Waals surface area contributed by atoms with Crippen LogP contribution in [0.25, 0.3) is 0 Å². The van der Waals surface area contributed by atoms with E-state index in [0.29, 0.717) is 18.4 Å². The second-order valence-corrected chi connectivity index (χ2v) is 6.12. The molecule has 0 radical (unpaired) electrons. The highest BCUT2D eigenvalue weighted by molar-refractivity contribution is 7.98. The minimum absolute atomic E-state index is 0.137. The monoisotopic (exact) mass is 278 g/mol. The van der Waals surface area contributed by atoms with E-state index in [1.165, 1.54) is 4.90 Å². The number of amides is 1. The maximum Gasteiger partial charge on any atom is 0.253 e. The van der Waals surface area contributed by atoms with Gasteiger partial charge >= 0.3 is 0 Å². The number of thioether (sulfide) groups is 1. The van der Waals surface area contributed by atoms with Crippen LogP contribution in [0.2, 0.25) is 0 Å². The van der Waals surface area contributed by atoms with E-state index in [4.69, 9.17) is 5.73 Å². The lowest BCUT2D eigenvalue weighted by Crippen LogP contribution is -2.45. The molecule has 2 atom stereocenters. The van der Waals surface area contributed by atoms with Crippen molar-refractivity contribution in [3.8, 4) is 0 Å². The van der Waals surface area contributed by atoms with Gasteiger partial charge in [0.2, 0.25) is 0 Å². The summed E-state index contributed by atoms with van der Waals surface area (Å²) in [6, 6.07) is 7.85. The number of nitrogens with two attached hydrogens (primary N) is 1. The third-order valence-electron chi connectivity index (χ3n) is 4.04. The lowest BCUT2D eigenvalue weighted by Gasteiger charge is -2.36. The van der Waals surface area contributed by atoms with Gasteiger partial charge in [0.25, 0.3) is 5.91 Å². The molecule has 1 aromatic carbocycles. The van der Waals surface area contributed by atoms with Crippen LogP contribution in [-0.4, -0.2) is 36.7 Å². The summed E-state index contributed by atoms with van der Waals surface area (Å²) in [4.78, 5) is 15.6. The van der Waals surface area contributed by atoms with Gasteiger partial charge in [0.1, 0.15) is 0 Å². The molecule has 1 aliphatic heterocycles. The lowest BCUT2D eigenvalue weighted by molar-refractivity contribution is 0.0618. The van der Waals surface area contributed by atoms with Crippen molar-refractivity contribution in [2.75, 3.05) is 25.9 Å². The summed E-state index contributed by atoms with van der Waals surface area (Å²) in [5, 5.41) is 0. The van der Waals surface area contributed by atoms with Gasteiger partial charge in [-0.1, -0.05) is 6.92 Å². The third kappa shape index (κ3) is 3.31. The highest BCUT2D eigenvalue weighted by Crippen LogP contribution is 2.24. The zero-order valence-electron chi connectivity index (χ0n) is 11.6. The van der Waals surface area contributed by atoms with E-state index in [1.54, 1.807) is 11.8 Å². The Kier molecular flexibility index (Phi) is 4.88. The number of nitrogens with zero attached hydrogens (tertiary/aromatic N) is 1. The van der Waals surface area contributed by atoms with Crippen molar-refractivity contribution in [1.29, 1.82) is 0 Å². The van der Waals surface area contributed by atoms with E-state index in [9.17, 15) is 4.79 Å². The van der Waals surface area contributed by atoms with Crippen molar-refractivity contribution >= 4 is 17.7 Å². The number of hydrogen-bond donors (Lipinski definition) is 1. The highest BCUT2D eigenvalue weighted by Gasteiger charge is 2.28. The van der Waals surface area contributed by atoms with Gasteiger partial charge in [-0.15, -0.1) is 11.8 Å². The molecule has 1 saturated heterocycles. The van der Waals surface area contributed by atoms with Crippen molar-refractivity contribution in [3.05, 3.63) is 29.8 Å². The average molecular weight is 278 g/mol. The van der Waals surface area contributed by atoms with Crippen LogP contribution in [0.15, 0.2) is 29.2 Å². The molecular formula is C15H22N2OS. The number of hydrogen-bond acceptors (Lipinski definition) is 3. The number of piperidine rings is 1. The van der Waals surface area contributed by atoms with Gasteiger partial charge in [-0.2, -0.15) is 0 Å². The van der Waals surface area contributed by atoms with Crippen LogP contribution in [0, 0.1) is 11.8 Å². The van der Waals surface area contributed by atoms with Crippen LogP contribution >= 0.6 is 11.8 Å². The maximum atomic E-state index is 12.4. The number of carbonyl (C=O) groups is 1. The number of likely N-dealkylation sites (tertiary alicyclic amines) is 1. The molecule has 4 heteroatoms. The van der Waals surface area contributed by atoms with Crippen molar-refractivity contribution in [1.82, 2.24) is 4.90 Å². The topological polar surface area (TPSA) is 46.3 Å². The second-order valence-electron chi connectivity index (χ2n) is 5.24. The fraction of sp³-hybridized carbons (Fsp3) is 0.533. The molecule has 0 aromatic heterocycles. The molecule has 0 saturated carbocycles. The van der Waals surface area contributed by atoms with Gasteiger partial charge in [0, 0.05) is 23.5 Å². The smallest absolute Gasteiger partial charge is 0.253 e. The maximum absolute atomic E-state index is 12.4. The van der Waals surface area contributed by atoms with E-state index < -0.39 is 0 Å². The van der Waals surface area contributed by atoms with Crippen molar-refractivity contribution in [3.63, 3.8) is 0 Å². The summed E-state index contributed by atoms with van der Waals surface area (Å²) in [6.45, 7) is 4.53. The average Bonchev–Trinajstić information content (AvgIpc) is 2.47. The van der Waals surface area contributed by atoms with E-state index in [1.807, 2.05) is 35.4 Å². The summed E-state index contributed by atoms with van der Waals surface area (Å²) in [5.41, 5.74) is 6.57. The third-order valence-corrected chi connectivity index (χ3v) is 4.78. The molecule has 1 fully saturated rings. The molecule has 1 aromatic rings. The van der Waals surface area contributed by atoms with Crippen LogP contribution < -0.4 is 5.73 Å². The van der Waals surface area contributed by atoms with E-state index in [2.05, 4.69) is 6.92 Å². The molecular weight excluding hydrogens is 256 g/mol. The molecule has 19 heavy (non-hydrogen) atoms. The SMILES string of the molecule is CSc1ccc(C(=O)N2CCC(C)C(CN)C2)cc1.